The molecule has 6 heteroatoms. The number of likely N-dealkylation sites (tertiary alicyclic amines) is 1. The van der Waals surface area contributed by atoms with Crippen LogP contribution < -0.4 is 11.1 Å². The van der Waals surface area contributed by atoms with Crippen LogP contribution in [0, 0.1) is 0 Å². The lowest BCUT2D eigenvalue weighted by Crippen LogP contribution is -2.47. The Kier molecular flexibility index (Phi) is 7.65. The van der Waals surface area contributed by atoms with Crippen molar-refractivity contribution in [2.24, 2.45) is 5.73 Å². The fraction of sp³-hybridized carbons (Fsp3) is 0.875. The Morgan fingerprint density at radius 3 is 2.55 bits per heavy atom. The van der Waals surface area contributed by atoms with Crippen LogP contribution in [0.4, 0.5) is 4.79 Å². The molecule has 0 aromatic rings. The molecule has 0 aliphatic carbocycles. The van der Waals surface area contributed by atoms with Crippen LogP contribution in [-0.4, -0.2) is 48.2 Å². The van der Waals surface area contributed by atoms with E-state index in [9.17, 15) is 9.59 Å². The van der Waals surface area contributed by atoms with Gasteiger partial charge in [-0.15, -0.1) is 0 Å². The van der Waals surface area contributed by atoms with Gasteiger partial charge < -0.3 is 15.8 Å². The first-order valence-electron chi connectivity index (χ1n) is 8.32. The number of hydrogen-bond donors (Lipinski definition) is 2. The van der Waals surface area contributed by atoms with E-state index >= 15 is 0 Å². The van der Waals surface area contributed by atoms with E-state index in [1.54, 1.807) is 4.90 Å². The molecule has 1 atom stereocenters. The van der Waals surface area contributed by atoms with Crippen molar-refractivity contribution >= 4 is 12.0 Å². The molecule has 0 spiro atoms. The van der Waals surface area contributed by atoms with Crippen molar-refractivity contribution in [2.45, 2.75) is 70.9 Å². The van der Waals surface area contributed by atoms with Crippen LogP contribution in [0.5, 0.6) is 0 Å². The molecule has 0 radical (unpaired) electrons. The Morgan fingerprint density at radius 1 is 1.23 bits per heavy atom. The average Bonchev–Trinajstić information content (AvgIpc) is 2.90. The number of nitrogens with two attached hydrogens (primary N) is 1. The minimum atomic E-state index is -0.538. The number of nitrogens with one attached hydrogen (secondary N) is 1. The molecule has 1 heterocycles. The molecule has 6 nitrogen and oxygen atoms in total. The Balaban J connectivity index is 2.35. The molecule has 22 heavy (non-hydrogen) atoms. The monoisotopic (exact) mass is 313 g/mol. The Bertz CT molecular complexity index is 366. The van der Waals surface area contributed by atoms with Crippen molar-refractivity contribution in [3.8, 4) is 0 Å². The van der Waals surface area contributed by atoms with Crippen molar-refractivity contribution < 1.29 is 14.3 Å². The first-order chi connectivity index (χ1) is 10.3. The molecule has 128 valence electrons. The van der Waals surface area contributed by atoms with E-state index in [0.717, 1.165) is 38.6 Å². The van der Waals surface area contributed by atoms with E-state index in [4.69, 9.17) is 10.5 Å². The third-order valence-electron chi connectivity index (χ3n) is 3.61. The van der Waals surface area contributed by atoms with Crippen LogP contribution in [0.2, 0.25) is 0 Å². The molecular formula is C16H31N3O3. The summed E-state index contributed by atoms with van der Waals surface area (Å²) in [7, 11) is 0. The SMILES string of the molecule is CC(C)(C)OC(=O)N1CCC[C@H]1C(=O)NCCCCCCN. The lowest BCUT2D eigenvalue weighted by Gasteiger charge is -2.28. The predicted molar refractivity (Wildman–Crippen MR) is 86.5 cm³/mol. The highest BCUT2D eigenvalue weighted by atomic mass is 16.6. The Morgan fingerprint density at radius 2 is 1.91 bits per heavy atom. The highest BCUT2D eigenvalue weighted by molar-refractivity contribution is 5.86. The maximum atomic E-state index is 12.2. The minimum Gasteiger partial charge on any atom is -0.444 e. The number of amides is 2. The van der Waals surface area contributed by atoms with Gasteiger partial charge in [0.15, 0.2) is 0 Å². The molecule has 1 rings (SSSR count). The van der Waals surface area contributed by atoms with E-state index in [1.807, 2.05) is 20.8 Å². The zero-order chi connectivity index (χ0) is 16.6. The second-order valence-corrected chi connectivity index (χ2v) is 6.83. The van der Waals surface area contributed by atoms with Crippen molar-refractivity contribution in [1.29, 1.82) is 0 Å². The summed E-state index contributed by atoms with van der Waals surface area (Å²) in [6.07, 6.45) is 5.30. The Hall–Kier alpha value is -1.30. The summed E-state index contributed by atoms with van der Waals surface area (Å²) in [6.45, 7) is 7.46. The number of carbonyl (C=O) groups is 2. The number of carbonyl (C=O) groups excluding carboxylic acids is 2. The molecule has 1 saturated heterocycles. The molecule has 0 aromatic carbocycles. The highest BCUT2D eigenvalue weighted by Gasteiger charge is 2.36. The molecule has 0 unspecified atom stereocenters. The molecule has 0 saturated carbocycles. The summed E-state index contributed by atoms with van der Waals surface area (Å²) in [5.41, 5.74) is 4.90. The summed E-state index contributed by atoms with van der Waals surface area (Å²) < 4.78 is 5.37. The van der Waals surface area contributed by atoms with Gasteiger partial charge in [-0.05, 0) is 53.0 Å². The number of nitrogens with zero attached hydrogens (tertiary/aromatic N) is 1. The lowest BCUT2D eigenvalue weighted by atomic mass is 10.1. The van der Waals surface area contributed by atoms with Gasteiger partial charge in [-0.3, -0.25) is 9.69 Å². The molecule has 1 aliphatic heterocycles. The second kappa shape index (κ2) is 8.98. The Labute approximate surface area is 133 Å². The molecule has 1 aliphatic rings. The maximum Gasteiger partial charge on any atom is 0.410 e. The highest BCUT2D eigenvalue weighted by Crippen LogP contribution is 2.20. The minimum absolute atomic E-state index is 0.0674. The van der Waals surface area contributed by atoms with Gasteiger partial charge in [-0.25, -0.2) is 4.79 Å². The lowest BCUT2D eigenvalue weighted by molar-refractivity contribution is -0.125. The van der Waals surface area contributed by atoms with Crippen molar-refractivity contribution in [2.75, 3.05) is 19.6 Å². The number of unbranched alkanes of at least 4 members (excludes halogenated alkanes) is 3. The number of rotatable bonds is 7. The van der Waals surface area contributed by atoms with Crippen LogP contribution in [0.15, 0.2) is 0 Å². The van der Waals surface area contributed by atoms with E-state index in [-0.39, 0.29) is 11.9 Å². The number of hydrogen-bond acceptors (Lipinski definition) is 4. The summed E-state index contributed by atoms with van der Waals surface area (Å²) in [6, 6.07) is -0.390. The average molecular weight is 313 g/mol. The predicted octanol–water partition coefficient (Wildman–Crippen LogP) is 2.02. The normalized spacial score (nSPS) is 18.4. The summed E-state index contributed by atoms with van der Waals surface area (Å²) in [5, 5.41) is 2.93. The third kappa shape index (κ3) is 6.64. The first kappa shape index (κ1) is 18.7. The molecule has 2 amide bonds. The van der Waals surface area contributed by atoms with Crippen LogP contribution in [0.3, 0.4) is 0 Å². The first-order valence-corrected chi connectivity index (χ1v) is 8.32. The van der Waals surface area contributed by atoms with E-state index in [0.29, 0.717) is 19.5 Å². The van der Waals surface area contributed by atoms with Gasteiger partial charge in [0, 0.05) is 13.1 Å². The van der Waals surface area contributed by atoms with E-state index in [2.05, 4.69) is 5.32 Å². The van der Waals surface area contributed by atoms with Crippen molar-refractivity contribution in [1.82, 2.24) is 10.2 Å². The summed E-state index contributed by atoms with van der Waals surface area (Å²) in [4.78, 5) is 25.9. The van der Waals surface area contributed by atoms with Gasteiger partial charge in [-0.1, -0.05) is 12.8 Å². The van der Waals surface area contributed by atoms with Gasteiger partial charge >= 0.3 is 6.09 Å². The molecule has 3 N–H and O–H groups in total. The van der Waals surface area contributed by atoms with E-state index < -0.39 is 11.7 Å². The summed E-state index contributed by atoms with van der Waals surface area (Å²) in [5.74, 6) is -0.0674. The van der Waals surface area contributed by atoms with Crippen LogP contribution in [0.25, 0.3) is 0 Å². The van der Waals surface area contributed by atoms with Crippen LogP contribution in [0.1, 0.15) is 59.3 Å². The van der Waals surface area contributed by atoms with Crippen LogP contribution in [-0.2, 0) is 9.53 Å². The van der Waals surface area contributed by atoms with Crippen LogP contribution >= 0.6 is 0 Å². The second-order valence-electron chi connectivity index (χ2n) is 6.83. The van der Waals surface area contributed by atoms with Gasteiger partial charge in [0.05, 0.1) is 0 Å². The zero-order valence-corrected chi connectivity index (χ0v) is 14.2. The van der Waals surface area contributed by atoms with Gasteiger partial charge in [0.1, 0.15) is 11.6 Å². The third-order valence-corrected chi connectivity index (χ3v) is 3.61. The van der Waals surface area contributed by atoms with E-state index in [1.165, 1.54) is 0 Å². The standard InChI is InChI=1S/C16H31N3O3/c1-16(2,3)22-15(21)19-12-8-9-13(19)14(20)18-11-7-5-4-6-10-17/h13H,4-12,17H2,1-3H3,(H,18,20)/t13-/m0/s1. The van der Waals surface area contributed by atoms with Crippen molar-refractivity contribution in [3.05, 3.63) is 0 Å². The molecule has 1 fully saturated rings. The van der Waals surface area contributed by atoms with Crippen molar-refractivity contribution in [3.63, 3.8) is 0 Å². The zero-order valence-electron chi connectivity index (χ0n) is 14.2. The maximum absolute atomic E-state index is 12.2. The quantitative estimate of drug-likeness (QED) is 0.704. The largest absolute Gasteiger partial charge is 0.444 e. The topological polar surface area (TPSA) is 84.7 Å². The molecule has 0 bridgehead atoms. The van der Waals surface area contributed by atoms with Gasteiger partial charge in [0.2, 0.25) is 5.91 Å². The molecule has 0 aromatic heterocycles. The fourth-order valence-electron chi connectivity index (χ4n) is 2.53. The number of ether oxygens (including phenoxy) is 1. The molecular weight excluding hydrogens is 282 g/mol. The van der Waals surface area contributed by atoms with Gasteiger partial charge in [-0.2, -0.15) is 0 Å². The summed E-state index contributed by atoms with van der Waals surface area (Å²) >= 11 is 0. The van der Waals surface area contributed by atoms with Gasteiger partial charge in [0.25, 0.3) is 0 Å². The smallest absolute Gasteiger partial charge is 0.410 e. The fourth-order valence-corrected chi connectivity index (χ4v) is 2.53.